The van der Waals surface area contributed by atoms with Gasteiger partial charge in [-0.15, -0.1) is 10.2 Å². The lowest BCUT2D eigenvalue weighted by molar-refractivity contribution is 0.615. The Labute approximate surface area is 82.6 Å². The van der Waals surface area contributed by atoms with E-state index in [4.69, 9.17) is 0 Å². The summed E-state index contributed by atoms with van der Waals surface area (Å²) in [6.07, 6.45) is 3.94. The van der Waals surface area contributed by atoms with Crippen LogP contribution in [0.25, 0.3) is 0 Å². The van der Waals surface area contributed by atoms with E-state index in [1.807, 2.05) is 6.92 Å². The highest BCUT2D eigenvalue weighted by Crippen LogP contribution is 2.35. The Kier molecular flexibility index (Phi) is 2.49. The monoisotopic (exact) mass is 197 g/mol. The van der Waals surface area contributed by atoms with E-state index in [0.29, 0.717) is 6.04 Å². The molecule has 0 aromatic carbocycles. The molecular formula is C9H15N3S. The van der Waals surface area contributed by atoms with Crippen molar-refractivity contribution >= 4 is 16.5 Å². The molecule has 0 radical (unpaired) electrons. The Morgan fingerprint density at radius 3 is 2.77 bits per heavy atom. The lowest BCUT2D eigenvalue weighted by Gasteiger charge is -2.14. The predicted molar refractivity (Wildman–Crippen MR) is 55.1 cm³/mol. The fourth-order valence-corrected chi connectivity index (χ4v) is 2.22. The molecule has 0 aliphatic heterocycles. The summed E-state index contributed by atoms with van der Waals surface area (Å²) in [6, 6.07) is 0.618. The third-order valence-electron chi connectivity index (χ3n) is 2.47. The van der Waals surface area contributed by atoms with Crippen LogP contribution in [-0.4, -0.2) is 16.2 Å². The number of nitrogens with zero attached hydrogens (tertiary/aromatic N) is 2. The summed E-state index contributed by atoms with van der Waals surface area (Å²) in [4.78, 5) is 0. The Bertz CT molecular complexity index is 280. The second-order valence-electron chi connectivity index (χ2n) is 3.62. The van der Waals surface area contributed by atoms with Gasteiger partial charge in [0.05, 0.1) is 0 Å². The fraction of sp³-hybridized carbons (Fsp3) is 0.778. The van der Waals surface area contributed by atoms with Gasteiger partial charge in [-0.25, -0.2) is 0 Å². The first-order chi connectivity index (χ1) is 6.29. The van der Waals surface area contributed by atoms with Crippen LogP contribution in [0, 0.1) is 12.8 Å². The molecule has 1 N–H and O–H groups in total. The fourth-order valence-electron chi connectivity index (χ4n) is 1.57. The largest absolute Gasteiger partial charge is 0.357 e. The van der Waals surface area contributed by atoms with Crippen molar-refractivity contribution in [3.8, 4) is 0 Å². The van der Waals surface area contributed by atoms with Crippen molar-refractivity contribution in [2.24, 2.45) is 5.92 Å². The molecule has 1 aliphatic carbocycles. The first kappa shape index (κ1) is 8.94. The Balaban J connectivity index is 1.95. The lowest BCUT2D eigenvalue weighted by atomic mass is 10.1. The highest BCUT2D eigenvalue weighted by molar-refractivity contribution is 7.15. The second-order valence-corrected chi connectivity index (χ2v) is 4.80. The SMILES string of the molecule is CCC(Nc1nnc(C)s1)C1CC1. The third kappa shape index (κ3) is 2.18. The molecule has 0 saturated heterocycles. The van der Waals surface area contributed by atoms with Crippen molar-refractivity contribution in [2.45, 2.75) is 39.2 Å². The van der Waals surface area contributed by atoms with Crippen LogP contribution < -0.4 is 5.32 Å². The Morgan fingerprint density at radius 2 is 2.31 bits per heavy atom. The maximum absolute atomic E-state index is 4.07. The zero-order valence-corrected chi connectivity index (χ0v) is 8.90. The number of hydrogen-bond acceptors (Lipinski definition) is 4. The van der Waals surface area contributed by atoms with Crippen LogP contribution in [0.5, 0.6) is 0 Å². The zero-order valence-electron chi connectivity index (χ0n) is 8.08. The molecule has 72 valence electrons. The minimum atomic E-state index is 0.618. The summed E-state index contributed by atoms with van der Waals surface area (Å²) in [5, 5.41) is 13.5. The molecule has 1 fully saturated rings. The minimum Gasteiger partial charge on any atom is -0.357 e. The smallest absolute Gasteiger partial charge is 0.205 e. The standard InChI is InChI=1S/C9H15N3S/c1-3-8(7-4-5-7)10-9-12-11-6(2)13-9/h7-8H,3-5H2,1-2H3,(H,10,12). The Morgan fingerprint density at radius 1 is 1.54 bits per heavy atom. The topological polar surface area (TPSA) is 37.8 Å². The van der Waals surface area contributed by atoms with Gasteiger partial charge >= 0.3 is 0 Å². The van der Waals surface area contributed by atoms with E-state index in [1.54, 1.807) is 11.3 Å². The van der Waals surface area contributed by atoms with E-state index >= 15 is 0 Å². The van der Waals surface area contributed by atoms with E-state index in [2.05, 4.69) is 22.4 Å². The van der Waals surface area contributed by atoms with Crippen molar-refractivity contribution in [2.75, 3.05) is 5.32 Å². The molecule has 1 unspecified atom stereocenters. The van der Waals surface area contributed by atoms with Crippen molar-refractivity contribution in [1.29, 1.82) is 0 Å². The van der Waals surface area contributed by atoms with Gasteiger partial charge in [0.15, 0.2) is 0 Å². The van der Waals surface area contributed by atoms with Crippen LogP contribution in [0.3, 0.4) is 0 Å². The average Bonchev–Trinajstić information content (AvgIpc) is 2.87. The number of aryl methyl sites for hydroxylation is 1. The molecule has 2 rings (SSSR count). The molecule has 4 heteroatoms. The summed E-state index contributed by atoms with van der Waals surface area (Å²) in [5.74, 6) is 0.884. The van der Waals surface area contributed by atoms with Crippen LogP contribution in [0.4, 0.5) is 5.13 Å². The van der Waals surface area contributed by atoms with Crippen LogP contribution in [-0.2, 0) is 0 Å². The number of hydrogen-bond donors (Lipinski definition) is 1. The number of rotatable bonds is 4. The predicted octanol–water partition coefficient (Wildman–Crippen LogP) is 2.45. The average molecular weight is 197 g/mol. The summed E-state index contributed by atoms with van der Waals surface area (Å²) in [5.41, 5.74) is 0. The molecule has 1 aromatic rings. The normalized spacial score (nSPS) is 18.6. The summed E-state index contributed by atoms with van der Waals surface area (Å²) in [7, 11) is 0. The molecule has 1 aliphatic rings. The highest BCUT2D eigenvalue weighted by Gasteiger charge is 2.30. The molecule has 1 saturated carbocycles. The van der Waals surface area contributed by atoms with Crippen LogP contribution in [0.15, 0.2) is 0 Å². The second kappa shape index (κ2) is 3.62. The first-order valence-corrected chi connectivity index (χ1v) is 5.68. The lowest BCUT2D eigenvalue weighted by Crippen LogP contribution is -2.20. The first-order valence-electron chi connectivity index (χ1n) is 4.86. The van der Waals surface area contributed by atoms with E-state index in [1.165, 1.54) is 19.3 Å². The maximum Gasteiger partial charge on any atom is 0.205 e. The third-order valence-corrected chi connectivity index (χ3v) is 3.24. The number of anilines is 1. The zero-order chi connectivity index (χ0) is 9.26. The van der Waals surface area contributed by atoms with Crippen molar-refractivity contribution in [3.05, 3.63) is 5.01 Å². The molecule has 1 aromatic heterocycles. The molecule has 0 amide bonds. The van der Waals surface area contributed by atoms with Gasteiger partial charge in [-0.05, 0) is 32.1 Å². The molecule has 0 bridgehead atoms. The van der Waals surface area contributed by atoms with Gasteiger partial charge in [-0.1, -0.05) is 18.3 Å². The molecule has 0 spiro atoms. The van der Waals surface area contributed by atoms with E-state index in [9.17, 15) is 0 Å². The number of nitrogens with one attached hydrogen (secondary N) is 1. The molecule has 1 heterocycles. The summed E-state index contributed by atoms with van der Waals surface area (Å²) >= 11 is 1.64. The van der Waals surface area contributed by atoms with Gasteiger partial charge in [0.25, 0.3) is 0 Å². The molecular weight excluding hydrogens is 182 g/mol. The minimum absolute atomic E-state index is 0.618. The van der Waals surface area contributed by atoms with Gasteiger partial charge in [-0.2, -0.15) is 0 Å². The molecule has 3 nitrogen and oxygen atoms in total. The van der Waals surface area contributed by atoms with Crippen LogP contribution in [0.2, 0.25) is 0 Å². The quantitative estimate of drug-likeness (QED) is 0.805. The van der Waals surface area contributed by atoms with Crippen molar-refractivity contribution < 1.29 is 0 Å². The van der Waals surface area contributed by atoms with Crippen LogP contribution >= 0.6 is 11.3 Å². The van der Waals surface area contributed by atoms with Crippen LogP contribution in [0.1, 0.15) is 31.2 Å². The highest BCUT2D eigenvalue weighted by atomic mass is 32.1. The Hall–Kier alpha value is -0.640. The summed E-state index contributed by atoms with van der Waals surface area (Å²) < 4.78 is 0. The van der Waals surface area contributed by atoms with Gasteiger partial charge < -0.3 is 5.32 Å². The van der Waals surface area contributed by atoms with Crippen molar-refractivity contribution in [3.63, 3.8) is 0 Å². The van der Waals surface area contributed by atoms with Gasteiger partial charge in [-0.3, -0.25) is 0 Å². The van der Waals surface area contributed by atoms with Gasteiger partial charge in [0.1, 0.15) is 5.01 Å². The number of aromatic nitrogens is 2. The molecule has 13 heavy (non-hydrogen) atoms. The summed E-state index contributed by atoms with van der Waals surface area (Å²) in [6.45, 7) is 4.21. The van der Waals surface area contributed by atoms with Gasteiger partial charge in [0, 0.05) is 6.04 Å². The van der Waals surface area contributed by atoms with E-state index in [-0.39, 0.29) is 0 Å². The van der Waals surface area contributed by atoms with Crippen molar-refractivity contribution in [1.82, 2.24) is 10.2 Å². The maximum atomic E-state index is 4.07. The molecule has 1 atom stereocenters. The van der Waals surface area contributed by atoms with E-state index in [0.717, 1.165) is 16.1 Å². The van der Waals surface area contributed by atoms with E-state index < -0.39 is 0 Å². The van der Waals surface area contributed by atoms with Gasteiger partial charge in [0.2, 0.25) is 5.13 Å².